The maximum absolute atomic E-state index is 12.3. The summed E-state index contributed by atoms with van der Waals surface area (Å²) < 4.78 is 1.84. The zero-order valence-electron chi connectivity index (χ0n) is 14.2. The molecule has 0 radical (unpaired) electrons. The Hall–Kier alpha value is -1.96. The minimum absolute atomic E-state index is 0.0103. The standard InChI is InChI=1S/C18H23N3O3S/c1-20-9-6-19-18(20)17(24)14-4-7-21(8-5-14)16(23)3-2-15-10-13(11-22)12-25-15/h2-3,6,9-10,12,14,17,22,24H,4-5,7-8,11H2,1H3. The van der Waals surface area contributed by atoms with E-state index in [0.29, 0.717) is 18.9 Å². The topological polar surface area (TPSA) is 78.6 Å². The maximum Gasteiger partial charge on any atom is 0.246 e. The zero-order valence-corrected chi connectivity index (χ0v) is 15.0. The summed E-state index contributed by atoms with van der Waals surface area (Å²) >= 11 is 1.51. The predicted molar refractivity (Wildman–Crippen MR) is 96.7 cm³/mol. The second-order valence-electron chi connectivity index (χ2n) is 6.35. The van der Waals surface area contributed by atoms with Gasteiger partial charge in [0.2, 0.25) is 5.91 Å². The SMILES string of the molecule is Cn1ccnc1C(O)C1CCN(C(=O)C=Cc2cc(CO)cs2)CC1. The fourth-order valence-corrected chi connectivity index (χ4v) is 3.93. The molecule has 2 aromatic rings. The lowest BCUT2D eigenvalue weighted by atomic mass is 9.90. The number of aromatic nitrogens is 2. The van der Waals surface area contributed by atoms with E-state index >= 15 is 0 Å². The van der Waals surface area contributed by atoms with Gasteiger partial charge in [-0.05, 0) is 41.8 Å². The molecule has 3 heterocycles. The number of amides is 1. The van der Waals surface area contributed by atoms with Crippen LogP contribution in [0.1, 0.15) is 35.2 Å². The molecule has 2 aromatic heterocycles. The Kier molecular flexibility index (Phi) is 5.67. The first-order valence-corrected chi connectivity index (χ1v) is 9.27. The molecular weight excluding hydrogens is 338 g/mol. The Morgan fingerprint density at radius 3 is 2.84 bits per heavy atom. The second-order valence-corrected chi connectivity index (χ2v) is 7.30. The molecule has 1 aliphatic rings. The number of imidazole rings is 1. The molecule has 25 heavy (non-hydrogen) atoms. The fraction of sp³-hybridized carbons (Fsp3) is 0.444. The first kappa shape index (κ1) is 17.8. The fourth-order valence-electron chi connectivity index (χ4n) is 3.13. The molecule has 7 heteroatoms. The van der Waals surface area contributed by atoms with E-state index in [2.05, 4.69) is 4.98 Å². The summed E-state index contributed by atoms with van der Waals surface area (Å²) in [6, 6.07) is 1.88. The number of thiophene rings is 1. The van der Waals surface area contributed by atoms with Gasteiger partial charge in [0.25, 0.3) is 0 Å². The normalized spacial score (nSPS) is 17.3. The lowest BCUT2D eigenvalue weighted by Crippen LogP contribution is -2.39. The van der Waals surface area contributed by atoms with Gasteiger partial charge in [0, 0.05) is 43.5 Å². The van der Waals surface area contributed by atoms with Crippen molar-refractivity contribution in [1.82, 2.24) is 14.5 Å². The largest absolute Gasteiger partial charge is 0.392 e. The summed E-state index contributed by atoms with van der Waals surface area (Å²) in [5.74, 6) is 0.796. The number of hydrogen-bond donors (Lipinski definition) is 2. The van der Waals surface area contributed by atoms with E-state index in [-0.39, 0.29) is 18.4 Å². The number of carbonyl (C=O) groups is 1. The summed E-state index contributed by atoms with van der Waals surface area (Å²) in [7, 11) is 1.88. The number of aliphatic hydroxyl groups excluding tert-OH is 2. The number of rotatable bonds is 5. The van der Waals surface area contributed by atoms with Crippen LogP contribution in [0.3, 0.4) is 0 Å². The molecule has 0 aliphatic carbocycles. The molecule has 1 amide bonds. The van der Waals surface area contributed by atoms with Crippen LogP contribution in [0.4, 0.5) is 0 Å². The Morgan fingerprint density at radius 2 is 2.24 bits per heavy atom. The molecule has 3 rings (SSSR count). The lowest BCUT2D eigenvalue weighted by Gasteiger charge is -2.33. The summed E-state index contributed by atoms with van der Waals surface area (Å²) in [6.45, 7) is 1.30. The number of piperidine rings is 1. The highest BCUT2D eigenvalue weighted by atomic mass is 32.1. The van der Waals surface area contributed by atoms with E-state index < -0.39 is 6.10 Å². The van der Waals surface area contributed by atoms with Crippen LogP contribution in [0.5, 0.6) is 0 Å². The third-order valence-corrected chi connectivity index (χ3v) is 5.61. The van der Waals surface area contributed by atoms with Gasteiger partial charge in [-0.25, -0.2) is 4.98 Å². The van der Waals surface area contributed by atoms with Crippen LogP contribution < -0.4 is 0 Å². The number of aryl methyl sites for hydroxylation is 1. The van der Waals surface area contributed by atoms with Gasteiger partial charge in [0.1, 0.15) is 11.9 Å². The zero-order chi connectivity index (χ0) is 17.8. The maximum atomic E-state index is 12.3. The minimum Gasteiger partial charge on any atom is -0.392 e. The molecule has 1 saturated heterocycles. The van der Waals surface area contributed by atoms with Crippen LogP contribution in [0.15, 0.2) is 29.9 Å². The lowest BCUT2D eigenvalue weighted by molar-refractivity contribution is -0.128. The van der Waals surface area contributed by atoms with Crippen molar-refractivity contribution in [2.75, 3.05) is 13.1 Å². The minimum atomic E-state index is -0.587. The second kappa shape index (κ2) is 7.95. The van der Waals surface area contributed by atoms with Crippen molar-refractivity contribution < 1.29 is 15.0 Å². The van der Waals surface area contributed by atoms with Crippen molar-refractivity contribution in [2.45, 2.75) is 25.6 Å². The molecule has 134 valence electrons. The van der Waals surface area contributed by atoms with Crippen LogP contribution in [0.25, 0.3) is 6.08 Å². The number of nitrogens with zero attached hydrogens (tertiary/aromatic N) is 3. The average molecular weight is 361 g/mol. The van der Waals surface area contributed by atoms with E-state index in [1.54, 1.807) is 18.3 Å². The van der Waals surface area contributed by atoms with Crippen LogP contribution in [0, 0.1) is 5.92 Å². The molecule has 2 N–H and O–H groups in total. The highest BCUT2D eigenvalue weighted by Crippen LogP contribution is 2.29. The van der Waals surface area contributed by atoms with Gasteiger partial charge in [0.05, 0.1) is 6.61 Å². The van der Waals surface area contributed by atoms with Crippen LogP contribution in [-0.2, 0) is 18.4 Å². The van der Waals surface area contributed by atoms with Gasteiger partial charge in [-0.2, -0.15) is 0 Å². The van der Waals surface area contributed by atoms with E-state index in [9.17, 15) is 9.90 Å². The van der Waals surface area contributed by atoms with Crippen molar-refractivity contribution in [1.29, 1.82) is 0 Å². The van der Waals surface area contributed by atoms with Crippen LogP contribution in [-0.4, -0.2) is 43.7 Å². The quantitative estimate of drug-likeness (QED) is 0.798. The van der Waals surface area contributed by atoms with Crippen molar-refractivity contribution >= 4 is 23.3 Å². The highest BCUT2D eigenvalue weighted by molar-refractivity contribution is 7.11. The molecule has 1 fully saturated rings. The number of hydrogen-bond acceptors (Lipinski definition) is 5. The van der Waals surface area contributed by atoms with Crippen LogP contribution >= 0.6 is 11.3 Å². The Labute approximate surface area is 151 Å². The van der Waals surface area contributed by atoms with Crippen molar-refractivity contribution in [3.05, 3.63) is 46.2 Å². The monoisotopic (exact) mass is 361 g/mol. The van der Waals surface area contributed by atoms with Gasteiger partial charge < -0.3 is 19.7 Å². The van der Waals surface area contributed by atoms with Crippen molar-refractivity contribution in [3.8, 4) is 0 Å². The highest BCUT2D eigenvalue weighted by Gasteiger charge is 2.29. The average Bonchev–Trinajstić information content (AvgIpc) is 3.27. The van der Waals surface area contributed by atoms with Crippen molar-refractivity contribution in [2.24, 2.45) is 13.0 Å². The van der Waals surface area contributed by atoms with Gasteiger partial charge in [0.15, 0.2) is 0 Å². The number of aliphatic hydroxyl groups is 2. The van der Waals surface area contributed by atoms with Crippen molar-refractivity contribution in [3.63, 3.8) is 0 Å². The van der Waals surface area contributed by atoms with Gasteiger partial charge in [-0.1, -0.05) is 0 Å². The van der Waals surface area contributed by atoms with E-state index in [1.165, 1.54) is 11.3 Å². The summed E-state index contributed by atoms with van der Waals surface area (Å²) in [6.07, 6.45) is 7.84. The molecule has 0 spiro atoms. The Balaban J connectivity index is 1.53. The summed E-state index contributed by atoms with van der Waals surface area (Å²) in [4.78, 5) is 19.3. The summed E-state index contributed by atoms with van der Waals surface area (Å²) in [5.41, 5.74) is 0.862. The first-order valence-electron chi connectivity index (χ1n) is 8.39. The van der Waals surface area contributed by atoms with Gasteiger partial charge in [-0.3, -0.25) is 4.79 Å². The Bertz CT molecular complexity index is 744. The smallest absolute Gasteiger partial charge is 0.246 e. The van der Waals surface area contributed by atoms with Gasteiger partial charge >= 0.3 is 0 Å². The summed E-state index contributed by atoms with van der Waals surface area (Å²) in [5, 5.41) is 21.4. The molecular formula is C18H23N3O3S. The molecule has 6 nitrogen and oxygen atoms in total. The van der Waals surface area contributed by atoms with E-state index in [1.807, 2.05) is 34.2 Å². The van der Waals surface area contributed by atoms with Crippen LogP contribution in [0.2, 0.25) is 0 Å². The Morgan fingerprint density at radius 1 is 1.48 bits per heavy atom. The molecule has 1 unspecified atom stereocenters. The molecule has 0 bridgehead atoms. The van der Waals surface area contributed by atoms with E-state index in [0.717, 1.165) is 23.3 Å². The molecule has 1 aliphatic heterocycles. The van der Waals surface area contributed by atoms with Gasteiger partial charge in [-0.15, -0.1) is 11.3 Å². The third-order valence-electron chi connectivity index (χ3n) is 4.67. The molecule has 1 atom stereocenters. The first-order chi connectivity index (χ1) is 12.1. The number of carbonyl (C=O) groups excluding carboxylic acids is 1. The predicted octanol–water partition coefficient (Wildman–Crippen LogP) is 1.96. The third kappa shape index (κ3) is 4.18. The number of likely N-dealkylation sites (tertiary alicyclic amines) is 1. The molecule has 0 aromatic carbocycles. The molecule has 0 saturated carbocycles. The van der Waals surface area contributed by atoms with E-state index in [4.69, 9.17) is 5.11 Å².